The molecule has 0 aliphatic carbocycles. The molecule has 2 atom stereocenters. The van der Waals surface area contributed by atoms with E-state index >= 15 is 0 Å². The molecule has 0 aromatic heterocycles. The van der Waals surface area contributed by atoms with Gasteiger partial charge in [-0.05, 0) is 17.7 Å². The minimum Gasteiger partial charge on any atom is -0.376 e. The van der Waals surface area contributed by atoms with Crippen LogP contribution in [0.1, 0.15) is 18.0 Å². The Balaban J connectivity index is 2.00. The van der Waals surface area contributed by atoms with Crippen molar-refractivity contribution in [3.05, 3.63) is 47.3 Å². The summed E-state index contributed by atoms with van der Waals surface area (Å²) < 4.78 is 45.1. The van der Waals surface area contributed by atoms with Gasteiger partial charge < -0.3 is 9.64 Å². The second kappa shape index (κ2) is 4.94. The van der Waals surface area contributed by atoms with Gasteiger partial charge in [-0.15, -0.1) is 0 Å². The normalized spacial score (nSPS) is 25.8. The van der Waals surface area contributed by atoms with E-state index in [0.29, 0.717) is 6.61 Å². The summed E-state index contributed by atoms with van der Waals surface area (Å²) in [5.41, 5.74) is 0.203. The van der Waals surface area contributed by atoms with Gasteiger partial charge in [0.2, 0.25) is 5.91 Å². The van der Waals surface area contributed by atoms with E-state index in [1.54, 1.807) is 11.0 Å². The summed E-state index contributed by atoms with van der Waals surface area (Å²) in [6.45, 7) is 0.492. The fourth-order valence-corrected chi connectivity index (χ4v) is 2.65. The van der Waals surface area contributed by atoms with Crippen molar-refractivity contribution in [3.8, 4) is 0 Å². The summed E-state index contributed by atoms with van der Waals surface area (Å²) in [5, 5.41) is 0. The van der Waals surface area contributed by atoms with E-state index in [2.05, 4.69) is 0 Å². The molecule has 0 unspecified atom stereocenters. The summed E-state index contributed by atoms with van der Waals surface area (Å²) in [6, 6.07) is 0.989. The molecule has 106 valence electrons. The molecule has 1 saturated heterocycles. The highest BCUT2D eigenvalue weighted by molar-refractivity contribution is 5.80. The Morgan fingerprint density at radius 1 is 1.15 bits per heavy atom. The molecule has 20 heavy (non-hydrogen) atoms. The van der Waals surface area contributed by atoms with Crippen molar-refractivity contribution in [2.75, 3.05) is 13.2 Å². The maximum Gasteiger partial charge on any atom is 0.227 e. The van der Waals surface area contributed by atoms with E-state index in [1.165, 1.54) is 0 Å². The first-order valence-corrected chi connectivity index (χ1v) is 6.28. The first-order valence-electron chi connectivity index (χ1n) is 6.28. The first kappa shape index (κ1) is 13.2. The Morgan fingerprint density at radius 3 is 2.55 bits per heavy atom. The third-order valence-electron chi connectivity index (χ3n) is 3.59. The Hall–Kier alpha value is -1.82. The van der Waals surface area contributed by atoms with E-state index in [-0.39, 0.29) is 30.5 Å². The van der Waals surface area contributed by atoms with Crippen molar-refractivity contribution in [2.24, 2.45) is 0 Å². The molecule has 0 saturated carbocycles. The maximum absolute atomic E-state index is 13.3. The van der Waals surface area contributed by atoms with Crippen molar-refractivity contribution < 1.29 is 22.7 Å². The predicted octanol–water partition coefficient (Wildman–Crippen LogP) is 2.33. The SMILES string of the molecule is O=C1CC=C[C@H]2COC[C@@H](c3cc(F)c(F)c(F)c3)N12. The monoisotopic (exact) mass is 283 g/mol. The standard InChI is InChI=1S/C14H12F3NO2/c15-10-4-8(5-11(16)14(10)17)12-7-20-6-9-2-1-3-13(19)18(9)12/h1-2,4-5,9,12H,3,6-7H2/t9-,12-/m0/s1. The molecule has 6 heteroatoms. The molecule has 0 spiro atoms. The van der Waals surface area contributed by atoms with Crippen LogP contribution in [0.15, 0.2) is 24.3 Å². The third kappa shape index (κ3) is 2.10. The van der Waals surface area contributed by atoms with E-state index in [1.807, 2.05) is 6.08 Å². The Morgan fingerprint density at radius 2 is 1.85 bits per heavy atom. The van der Waals surface area contributed by atoms with Gasteiger partial charge in [-0.2, -0.15) is 0 Å². The van der Waals surface area contributed by atoms with Gasteiger partial charge in [0.25, 0.3) is 0 Å². The van der Waals surface area contributed by atoms with Crippen LogP contribution >= 0.6 is 0 Å². The Bertz CT molecular complexity index is 565. The number of amides is 1. The summed E-state index contributed by atoms with van der Waals surface area (Å²) in [4.78, 5) is 13.6. The molecule has 1 fully saturated rings. The number of benzene rings is 1. The molecule has 0 bridgehead atoms. The Kier molecular flexibility index (Phi) is 3.25. The molecule has 1 aromatic carbocycles. The fraction of sp³-hybridized carbons (Fsp3) is 0.357. The second-order valence-electron chi connectivity index (χ2n) is 4.85. The largest absolute Gasteiger partial charge is 0.376 e. The summed E-state index contributed by atoms with van der Waals surface area (Å²) in [7, 11) is 0. The van der Waals surface area contributed by atoms with Gasteiger partial charge in [0.1, 0.15) is 0 Å². The molecule has 2 heterocycles. The average molecular weight is 283 g/mol. The highest BCUT2D eigenvalue weighted by Crippen LogP contribution is 2.32. The number of halogens is 3. The minimum absolute atomic E-state index is 0.129. The summed E-state index contributed by atoms with van der Waals surface area (Å²) >= 11 is 0. The number of carbonyl (C=O) groups is 1. The number of fused-ring (bicyclic) bond motifs is 1. The summed E-state index contributed by atoms with van der Waals surface area (Å²) in [6.07, 6.45) is 3.84. The molecule has 0 radical (unpaired) electrons. The van der Waals surface area contributed by atoms with Crippen molar-refractivity contribution >= 4 is 5.91 Å². The number of hydrogen-bond acceptors (Lipinski definition) is 2. The zero-order chi connectivity index (χ0) is 14.3. The highest BCUT2D eigenvalue weighted by Gasteiger charge is 2.36. The van der Waals surface area contributed by atoms with E-state index < -0.39 is 23.5 Å². The van der Waals surface area contributed by atoms with Crippen LogP contribution < -0.4 is 0 Å². The lowest BCUT2D eigenvalue weighted by Gasteiger charge is -2.42. The van der Waals surface area contributed by atoms with Crippen LogP contribution in [0.5, 0.6) is 0 Å². The van der Waals surface area contributed by atoms with Crippen molar-refractivity contribution in [1.29, 1.82) is 0 Å². The Labute approximate surface area is 113 Å². The minimum atomic E-state index is -1.51. The topological polar surface area (TPSA) is 29.5 Å². The highest BCUT2D eigenvalue weighted by atomic mass is 19.2. The number of morpholine rings is 1. The lowest BCUT2D eigenvalue weighted by Crippen LogP contribution is -2.51. The third-order valence-corrected chi connectivity index (χ3v) is 3.59. The molecule has 1 amide bonds. The number of ether oxygens (including phenoxy) is 1. The van der Waals surface area contributed by atoms with Gasteiger partial charge >= 0.3 is 0 Å². The first-order chi connectivity index (χ1) is 9.58. The van der Waals surface area contributed by atoms with Crippen LogP contribution in [-0.2, 0) is 9.53 Å². The number of rotatable bonds is 1. The number of carbonyl (C=O) groups excluding carboxylic acids is 1. The molecule has 2 aliphatic heterocycles. The van der Waals surface area contributed by atoms with Gasteiger partial charge in [-0.1, -0.05) is 12.2 Å². The van der Waals surface area contributed by atoms with Crippen LogP contribution in [-0.4, -0.2) is 30.1 Å². The molecule has 0 N–H and O–H groups in total. The van der Waals surface area contributed by atoms with Crippen molar-refractivity contribution in [3.63, 3.8) is 0 Å². The average Bonchev–Trinajstić information content (AvgIpc) is 2.44. The molecule has 1 aromatic rings. The van der Waals surface area contributed by atoms with Gasteiger partial charge in [0.15, 0.2) is 17.5 Å². The zero-order valence-electron chi connectivity index (χ0n) is 10.5. The van der Waals surface area contributed by atoms with Gasteiger partial charge in [-0.25, -0.2) is 13.2 Å². The molecular formula is C14H12F3NO2. The van der Waals surface area contributed by atoms with Crippen molar-refractivity contribution in [1.82, 2.24) is 4.90 Å². The zero-order valence-corrected chi connectivity index (χ0v) is 10.5. The number of nitrogens with zero attached hydrogens (tertiary/aromatic N) is 1. The predicted molar refractivity (Wildman–Crippen MR) is 64.3 cm³/mol. The van der Waals surface area contributed by atoms with Crippen LogP contribution in [0.25, 0.3) is 0 Å². The fourth-order valence-electron chi connectivity index (χ4n) is 2.65. The quantitative estimate of drug-likeness (QED) is 0.585. The van der Waals surface area contributed by atoms with Crippen molar-refractivity contribution in [2.45, 2.75) is 18.5 Å². The van der Waals surface area contributed by atoms with Crippen LogP contribution in [0.3, 0.4) is 0 Å². The molecule has 3 rings (SSSR count). The lowest BCUT2D eigenvalue weighted by molar-refractivity contribution is -0.144. The smallest absolute Gasteiger partial charge is 0.227 e. The molecule has 2 aliphatic rings. The van der Waals surface area contributed by atoms with Crippen LogP contribution in [0.4, 0.5) is 13.2 Å². The van der Waals surface area contributed by atoms with Crippen LogP contribution in [0, 0.1) is 17.5 Å². The van der Waals surface area contributed by atoms with Crippen LogP contribution in [0.2, 0.25) is 0 Å². The van der Waals surface area contributed by atoms with E-state index in [4.69, 9.17) is 4.74 Å². The summed E-state index contributed by atoms with van der Waals surface area (Å²) in [5.74, 6) is -4.16. The molecular weight excluding hydrogens is 271 g/mol. The van der Waals surface area contributed by atoms with Gasteiger partial charge in [-0.3, -0.25) is 4.79 Å². The van der Waals surface area contributed by atoms with Gasteiger partial charge in [0.05, 0.1) is 25.3 Å². The maximum atomic E-state index is 13.3. The second-order valence-corrected chi connectivity index (χ2v) is 4.85. The van der Waals surface area contributed by atoms with E-state index in [9.17, 15) is 18.0 Å². The molecule has 3 nitrogen and oxygen atoms in total. The van der Waals surface area contributed by atoms with Gasteiger partial charge in [0, 0.05) is 6.42 Å². The number of hydrogen-bond donors (Lipinski definition) is 0. The van der Waals surface area contributed by atoms with E-state index in [0.717, 1.165) is 12.1 Å². The lowest BCUT2D eigenvalue weighted by atomic mass is 9.98.